The quantitative estimate of drug-likeness (QED) is 0.705. The third-order valence-corrected chi connectivity index (χ3v) is 2.21. The van der Waals surface area contributed by atoms with Crippen LogP contribution in [0.2, 0.25) is 0 Å². The van der Waals surface area contributed by atoms with E-state index in [0.717, 1.165) is 12.8 Å². The van der Waals surface area contributed by atoms with E-state index in [-0.39, 0.29) is 6.09 Å². The van der Waals surface area contributed by atoms with Crippen molar-refractivity contribution in [2.45, 2.75) is 45.3 Å². The first-order valence-electron chi connectivity index (χ1n) is 5.09. The van der Waals surface area contributed by atoms with Crippen LogP contribution in [0.15, 0.2) is 0 Å². The van der Waals surface area contributed by atoms with E-state index in [1.807, 2.05) is 20.8 Å². The SMILES string of the molecule is CC(C)(C)OC(=O)NC[C@H]1C[C@H](N)C1. The Bertz CT molecular complexity index is 205. The summed E-state index contributed by atoms with van der Waals surface area (Å²) in [5.74, 6) is 0.539. The second kappa shape index (κ2) is 4.17. The summed E-state index contributed by atoms with van der Waals surface area (Å²) in [6, 6.07) is 0.334. The van der Waals surface area contributed by atoms with E-state index in [9.17, 15) is 4.79 Å². The normalized spacial score (nSPS) is 26.6. The van der Waals surface area contributed by atoms with Gasteiger partial charge in [0.15, 0.2) is 0 Å². The first-order chi connectivity index (χ1) is 6.37. The van der Waals surface area contributed by atoms with Crippen molar-refractivity contribution >= 4 is 6.09 Å². The summed E-state index contributed by atoms with van der Waals surface area (Å²) in [6.07, 6.45) is 1.68. The molecule has 0 atom stereocenters. The van der Waals surface area contributed by atoms with Crippen molar-refractivity contribution in [3.63, 3.8) is 0 Å². The summed E-state index contributed by atoms with van der Waals surface area (Å²) in [5.41, 5.74) is 5.22. The predicted octanol–water partition coefficient (Wildman–Crippen LogP) is 1.25. The van der Waals surface area contributed by atoms with Gasteiger partial charge in [0.2, 0.25) is 0 Å². The van der Waals surface area contributed by atoms with Gasteiger partial charge in [-0.3, -0.25) is 0 Å². The second-order valence-corrected chi connectivity index (χ2v) is 4.98. The van der Waals surface area contributed by atoms with E-state index in [1.165, 1.54) is 0 Å². The monoisotopic (exact) mass is 200 g/mol. The molecule has 0 aromatic heterocycles. The third-order valence-electron chi connectivity index (χ3n) is 2.21. The van der Waals surface area contributed by atoms with Crippen LogP contribution in [0.25, 0.3) is 0 Å². The molecule has 0 heterocycles. The Morgan fingerprint density at radius 2 is 2.07 bits per heavy atom. The standard InChI is InChI=1S/C10H20N2O2/c1-10(2,3)14-9(13)12-6-7-4-8(11)5-7/h7-8H,4-6,11H2,1-3H3,(H,12,13)/t7-,8-. The van der Waals surface area contributed by atoms with Crippen molar-refractivity contribution in [3.8, 4) is 0 Å². The van der Waals surface area contributed by atoms with Gasteiger partial charge >= 0.3 is 6.09 Å². The minimum Gasteiger partial charge on any atom is -0.444 e. The molecule has 0 spiro atoms. The Morgan fingerprint density at radius 3 is 2.50 bits per heavy atom. The average Bonchev–Trinajstić information content (AvgIpc) is 1.92. The zero-order chi connectivity index (χ0) is 10.8. The molecule has 82 valence electrons. The van der Waals surface area contributed by atoms with Crippen LogP contribution >= 0.6 is 0 Å². The zero-order valence-electron chi connectivity index (χ0n) is 9.17. The Morgan fingerprint density at radius 1 is 1.50 bits per heavy atom. The van der Waals surface area contributed by atoms with Gasteiger partial charge < -0.3 is 15.8 Å². The highest BCUT2D eigenvalue weighted by molar-refractivity contribution is 5.67. The molecule has 0 radical (unpaired) electrons. The number of hydrogen-bond donors (Lipinski definition) is 2. The lowest BCUT2D eigenvalue weighted by Crippen LogP contribution is -2.43. The largest absolute Gasteiger partial charge is 0.444 e. The van der Waals surface area contributed by atoms with Crippen molar-refractivity contribution in [2.24, 2.45) is 11.7 Å². The lowest BCUT2D eigenvalue weighted by Gasteiger charge is -2.32. The predicted molar refractivity (Wildman–Crippen MR) is 54.9 cm³/mol. The number of rotatable bonds is 2. The number of carbonyl (C=O) groups is 1. The van der Waals surface area contributed by atoms with Gasteiger partial charge in [-0.25, -0.2) is 4.79 Å². The van der Waals surface area contributed by atoms with Crippen LogP contribution in [-0.4, -0.2) is 24.3 Å². The number of carbonyl (C=O) groups excluding carboxylic acids is 1. The molecule has 1 aliphatic carbocycles. The summed E-state index contributed by atoms with van der Waals surface area (Å²) in [6.45, 7) is 6.24. The van der Waals surface area contributed by atoms with Gasteiger partial charge in [-0.15, -0.1) is 0 Å². The molecule has 4 nitrogen and oxygen atoms in total. The average molecular weight is 200 g/mol. The fourth-order valence-electron chi connectivity index (χ4n) is 1.50. The highest BCUT2D eigenvalue weighted by Gasteiger charge is 2.26. The zero-order valence-corrected chi connectivity index (χ0v) is 9.17. The van der Waals surface area contributed by atoms with Crippen LogP contribution in [0, 0.1) is 5.92 Å². The smallest absolute Gasteiger partial charge is 0.407 e. The van der Waals surface area contributed by atoms with Gasteiger partial charge in [-0.1, -0.05) is 0 Å². The van der Waals surface area contributed by atoms with Crippen molar-refractivity contribution in [1.29, 1.82) is 0 Å². The fraction of sp³-hybridized carbons (Fsp3) is 0.900. The number of hydrogen-bond acceptors (Lipinski definition) is 3. The molecule has 0 aromatic rings. The fourth-order valence-corrected chi connectivity index (χ4v) is 1.50. The van der Waals surface area contributed by atoms with Crippen molar-refractivity contribution in [3.05, 3.63) is 0 Å². The van der Waals surface area contributed by atoms with E-state index in [4.69, 9.17) is 10.5 Å². The molecule has 0 bridgehead atoms. The van der Waals surface area contributed by atoms with Crippen LogP contribution in [0.3, 0.4) is 0 Å². The molecule has 4 heteroatoms. The van der Waals surface area contributed by atoms with Crippen LogP contribution in [-0.2, 0) is 4.74 Å². The number of ether oxygens (including phenoxy) is 1. The van der Waals surface area contributed by atoms with Crippen molar-refractivity contribution in [1.82, 2.24) is 5.32 Å². The molecule has 1 saturated carbocycles. The lowest BCUT2D eigenvalue weighted by atomic mass is 9.81. The van der Waals surface area contributed by atoms with Gasteiger partial charge in [-0.05, 0) is 39.5 Å². The molecule has 14 heavy (non-hydrogen) atoms. The van der Waals surface area contributed by atoms with Crippen LogP contribution in [0.4, 0.5) is 4.79 Å². The molecule has 1 fully saturated rings. The summed E-state index contributed by atoms with van der Waals surface area (Å²) < 4.78 is 5.10. The van der Waals surface area contributed by atoms with Gasteiger partial charge in [0, 0.05) is 12.6 Å². The Balaban J connectivity index is 2.10. The Hall–Kier alpha value is -0.770. The summed E-state index contributed by atoms with van der Waals surface area (Å²) in [4.78, 5) is 11.2. The molecule has 0 aromatic carbocycles. The second-order valence-electron chi connectivity index (χ2n) is 4.98. The molecule has 1 aliphatic rings. The minimum absolute atomic E-state index is 0.334. The number of amides is 1. The number of nitrogens with two attached hydrogens (primary N) is 1. The summed E-state index contributed by atoms with van der Waals surface area (Å²) in [5, 5.41) is 2.74. The maximum Gasteiger partial charge on any atom is 0.407 e. The summed E-state index contributed by atoms with van der Waals surface area (Å²) >= 11 is 0. The lowest BCUT2D eigenvalue weighted by molar-refractivity contribution is 0.0507. The van der Waals surface area contributed by atoms with Gasteiger partial charge in [-0.2, -0.15) is 0 Å². The Kier molecular flexibility index (Phi) is 3.37. The number of nitrogens with one attached hydrogen (secondary N) is 1. The maximum atomic E-state index is 11.2. The van der Waals surface area contributed by atoms with E-state index in [0.29, 0.717) is 18.5 Å². The van der Waals surface area contributed by atoms with Gasteiger partial charge in [0.1, 0.15) is 5.60 Å². The topological polar surface area (TPSA) is 64.3 Å². The Labute approximate surface area is 85.2 Å². The molecule has 1 rings (SSSR count). The first-order valence-corrected chi connectivity index (χ1v) is 5.09. The summed E-state index contributed by atoms with van der Waals surface area (Å²) in [7, 11) is 0. The molecule has 0 saturated heterocycles. The first kappa shape index (κ1) is 11.3. The van der Waals surface area contributed by atoms with E-state index in [2.05, 4.69) is 5.32 Å². The third kappa shape index (κ3) is 3.96. The molecule has 1 amide bonds. The van der Waals surface area contributed by atoms with Crippen LogP contribution in [0.1, 0.15) is 33.6 Å². The molecular formula is C10H20N2O2. The van der Waals surface area contributed by atoms with Crippen LogP contribution in [0.5, 0.6) is 0 Å². The van der Waals surface area contributed by atoms with E-state index < -0.39 is 5.60 Å². The highest BCUT2D eigenvalue weighted by atomic mass is 16.6. The van der Waals surface area contributed by atoms with Crippen LogP contribution < -0.4 is 11.1 Å². The van der Waals surface area contributed by atoms with Gasteiger partial charge in [0.05, 0.1) is 0 Å². The molecule has 3 N–H and O–H groups in total. The molecule has 0 unspecified atom stereocenters. The maximum absolute atomic E-state index is 11.2. The molecule has 0 aliphatic heterocycles. The van der Waals surface area contributed by atoms with Gasteiger partial charge in [0.25, 0.3) is 0 Å². The number of alkyl carbamates (subject to hydrolysis) is 1. The van der Waals surface area contributed by atoms with E-state index >= 15 is 0 Å². The van der Waals surface area contributed by atoms with Crippen molar-refractivity contribution in [2.75, 3.05) is 6.54 Å². The van der Waals surface area contributed by atoms with Crippen molar-refractivity contribution < 1.29 is 9.53 Å². The van der Waals surface area contributed by atoms with E-state index in [1.54, 1.807) is 0 Å². The minimum atomic E-state index is -0.417. The highest BCUT2D eigenvalue weighted by Crippen LogP contribution is 2.24. The molecular weight excluding hydrogens is 180 g/mol.